The lowest BCUT2D eigenvalue weighted by atomic mass is 10.0. The molecular weight excluding hydrogens is 260 g/mol. The molecule has 17 heavy (non-hydrogen) atoms. The van der Waals surface area contributed by atoms with E-state index in [9.17, 15) is 4.39 Å². The molecule has 4 heteroatoms. The van der Waals surface area contributed by atoms with E-state index in [1.165, 1.54) is 6.07 Å². The predicted molar refractivity (Wildman–Crippen MR) is 69.7 cm³/mol. The van der Waals surface area contributed by atoms with Gasteiger partial charge in [0.05, 0.1) is 0 Å². The van der Waals surface area contributed by atoms with Crippen LogP contribution >= 0.6 is 23.2 Å². The number of hydrogen-bond donors (Lipinski definition) is 1. The van der Waals surface area contributed by atoms with Crippen LogP contribution in [0.3, 0.4) is 0 Å². The van der Waals surface area contributed by atoms with Crippen LogP contribution in [0.5, 0.6) is 0 Å². The van der Waals surface area contributed by atoms with Gasteiger partial charge in [-0.25, -0.2) is 4.39 Å². The molecule has 0 bridgehead atoms. The molecule has 0 aromatic heterocycles. The van der Waals surface area contributed by atoms with Crippen molar-refractivity contribution in [1.82, 2.24) is 0 Å². The lowest BCUT2D eigenvalue weighted by Gasteiger charge is -2.07. The van der Waals surface area contributed by atoms with Gasteiger partial charge in [-0.05, 0) is 35.4 Å². The third kappa shape index (κ3) is 2.60. The monoisotopic (exact) mass is 269 g/mol. The van der Waals surface area contributed by atoms with E-state index < -0.39 is 0 Å². The SMILES string of the molecule is NCc1ccc(-c2ccc(Cl)cc2F)cc1Cl. The van der Waals surface area contributed by atoms with Crippen molar-refractivity contribution in [2.75, 3.05) is 0 Å². The van der Waals surface area contributed by atoms with Crippen molar-refractivity contribution in [1.29, 1.82) is 0 Å². The highest BCUT2D eigenvalue weighted by molar-refractivity contribution is 6.31. The molecule has 1 nitrogen and oxygen atoms in total. The van der Waals surface area contributed by atoms with Crippen molar-refractivity contribution in [3.05, 3.63) is 57.8 Å². The third-order valence-electron chi connectivity index (χ3n) is 2.52. The summed E-state index contributed by atoms with van der Waals surface area (Å²) in [7, 11) is 0. The fourth-order valence-corrected chi connectivity index (χ4v) is 2.02. The van der Waals surface area contributed by atoms with Gasteiger partial charge in [0.1, 0.15) is 5.82 Å². The first kappa shape index (κ1) is 12.4. The average molecular weight is 270 g/mol. The molecule has 0 unspecified atom stereocenters. The summed E-state index contributed by atoms with van der Waals surface area (Å²) in [4.78, 5) is 0. The van der Waals surface area contributed by atoms with Crippen molar-refractivity contribution in [2.24, 2.45) is 5.73 Å². The van der Waals surface area contributed by atoms with Gasteiger partial charge in [0.15, 0.2) is 0 Å². The van der Waals surface area contributed by atoms with Gasteiger partial charge in [0.25, 0.3) is 0 Å². The molecule has 0 atom stereocenters. The Morgan fingerprint density at radius 2 is 1.82 bits per heavy atom. The van der Waals surface area contributed by atoms with Crippen molar-refractivity contribution >= 4 is 23.2 Å². The Kier molecular flexibility index (Phi) is 3.67. The van der Waals surface area contributed by atoms with Gasteiger partial charge in [-0.3, -0.25) is 0 Å². The zero-order chi connectivity index (χ0) is 12.4. The van der Waals surface area contributed by atoms with Crippen LogP contribution in [0.25, 0.3) is 11.1 Å². The van der Waals surface area contributed by atoms with Crippen molar-refractivity contribution in [3.63, 3.8) is 0 Å². The Bertz CT molecular complexity index is 555. The Hall–Kier alpha value is -1.09. The molecule has 0 aliphatic rings. The van der Waals surface area contributed by atoms with Gasteiger partial charge in [0.2, 0.25) is 0 Å². The van der Waals surface area contributed by atoms with E-state index in [0.29, 0.717) is 27.7 Å². The van der Waals surface area contributed by atoms with Crippen LogP contribution in [0.15, 0.2) is 36.4 Å². The second-order valence-electron chi connectivity index (χ2n) is 3.63. The van der Waals surface area contributed by atoms with Gasteiger partial charge < -0.3 is 5.73 Å². The first-order valence-corrected chi connectivity index (χ1v) is 5.81. The van der Waals surface area contributed by atoms with E-state index in [-0.39, 0.29) is 5.82 Å². The molecule has 0 radical (unpaired) electrons. The van der Waals surface area contributed by atoms with Gasteiger partial charge in [0, 0.05) is 22.2 Å². The molecule has 0 heterocycles. The minimum absolute atomic E-state index is 0.363. The number of nitrogens with two attached hydrogens (primary N) is 1. The normalized spacial score (nSPS) is 10.6. The molecule has 0 aliphatic heterocycles. The highest BCUT2D eigenvalue weighted by Gasteiger charge is 2.07. The van der Waals surface area contributed by atoms with Crippen LogP contribution in [0.1, 0.15) is 5.56 Å². The van der Waals surface area contributed by atoms with E-state index in [4.69, 9.17) is 28.9 Å². The van der Waals surface area contributed by atoms with Crippen LogP contribution in [-0.4, -0.2) is 0 Å². The average Bonchev–Trinajstić information content (AvgIpc) is 2.29. The zero-order valence-corrected chi connectivity index (χ0v) is 10.4. The van der Waals surface area contributed by atoms with Crippen LogP contribution in [0, 0.1) is 5.82 Å². The van der Waals surface area contributed by atoms with E-state index in [0.717, 1.165) is 5.56 Å². The highest BCUT2D eigenvalue weighted by Crippen LogP contribution is 2.28. The Morgan fingerprint density at radius 3 is 2.41 bits per heavy atom. The molecule has 2 aromatic carbocycles. The summed E-state index contributed by atoms with van der Waals surface area (Å²) in [6.07, 6.45) is 0. The second kappa shape index (κ2) is 5.05. The Labute approximate surface area is 109 Å². The van der Waals surface area contributed by atoms with E-state index >= 15 is 0 Å². The maximum Gasteiger partial charge on any atom is 0.132 e. The predicted octanol–water partition coefficient (Wildman–Crippen LogP) is 4.26. The minimum Gasteiger partial charge on any atom is -0.326 e. The van der Waals surface area contributed by atoms with Gasteiger partial charge in [-0.15, -0.1) is 0 Å². The second-order valence-corrected chi connectivity index (χ2v) is 4.48. The number of halogens is 3. The lowest BCUT2D eigenvalue weighted by molar-refractivity contribution is 0.631. The quantitative estimate of drug-likeness (QED) is 0.866. The zero-order valence-electron chi connectivity index (χ0n) is 8.88. The summed E-state index contributed by atoms with van der Waals surface area (Å²) in [6.45, 7) is 0.363. The fourth-order valence-electron chi connectivity index (χ4n) is 1.60. The fraction of sp³-hybridized carbons (Fsp3) is 0.0769. The molecule has 2 N–H and O–H groups in total. The lowest BCUT2D eigenvalue weighted by Crippen LogP contribution is -1.97. The Balaban J connectivity index is 2.50. The molecule has 0 saturated heterocycles. The first-order valence-electron chi connectivity index (χ1n) is 5.05. The third-order valence-corrected chi connectivity index (χ3v) is 3.10. The van der Waals surface area contributed by atoms with Crippen LogP contribution in [0.2, 0.25) is 10.0 Å². The van der Waals surface area contributed by atoms with E-state index in [2.05, 4.69) is 0 Å². The summed E-state index contributed by atoms with van der Waals surface area (Å²) in [5, 5.41) is 0.912. The van der Waals surface area contributed by atoms with Crippen molar-refractivity contribution < 1.29 is 4.39 Å². The summed E-state index contributed by atoms with van der Waals surface area (Å²) in [5.74, 6) is -0.367. The Morgan fingerprint density at radius 1 is 1.06 bits per heavy atom. The molecule has 2 rings (SSSR count). The minimum atomic E-state index is -0.367. The number of rotatable bonds is 2. The summed E-state index contributed by atoms with van der Waals surface area (Å²) >= 11 is 11.7. The summed E-state index contributed by atoms with van der Waals surface area (Å²) < 4.78 is 13.7. The molecular formula is C13H10Cl2FN. The number of benzene rings is 2. The van der Waals surface area contributed by atoms with Gasteiger partial charge >= 0.3 is 0 Å². The van der Waals surface area contributed by atoms with Gasteiger partial charge in [-0.1, -0.05) is 35.3 Å². The summed E-state index contributed by atoms with van der Waals surface area (Å²) in [6, 6.07) is 9.85. The van der Waals surface area contributed by atoms with E-state index in [1.807, 2.05) is 0 Å². The van der Waals surface area contributed by atoms with Crippen LogP contribution < -0.4 is 5.73 Å². The molecule has 0 amide bonds. The molecule has 0 spiro atoms. The molecule has 0 fully saturated rings. The molecule has 88 valence electrons. The van der Waals surface area contributed by atoms with Crippen molar-refractivity contribution in [2.45, 2.75) is 6.54 Å². The molecule has 0 saturated carbocycles. The smallest absolute Gasteiger partial charge is 0.132 e. The largest absolute Gasteiger partial charge is 0.326 e. The number of hydrogen-bond acceptors (Lipinski definition) is 1. The molecule has 0 aliphatic carbocycles. The highest BCUT2D eigenvalue weighted by atomic mass is 35.5. The van der Waals surface area contributed by atoms with Crippen LogP contribution in [0.4, 0.5) is 4.39 Å². The summed E-state index contributed by atoms with van der Waals surface area (Å²) in [5.41, 5.74) is 7.53. The topological polar surface area (TPSA) is 26.0 Å². The van der Waals surface area contributed by atoms with Crippen LogP contribution in [-0.2, 0) is 6.54 Å². The standard InChI is InChI=1S/C13H10Cl2FN/c14-10-3-4-11(13(16)6-10)8-1-2-9(7-17)12(15)5-8/h1-6H,7,17H2. The van der Waals surface area contributed by atoms with Crippen molar-refractivity contribution in [3.8, 4) is 11.1 Å². The van der Waals surface area contributed by atoms with Gasteiger partial charge in [-0.2, -0.15) is 0 Å². The molecule has 2 aromatic rings. The first-order chi connectivity index (χ1) is 8.11. The maximum absolute atomic E-state index is 13.7. The van der Waals surface area contributed by atoms with E-state index in [1.54, 1.807) is 30.3 Å². The maximum atomic E-state index is 13.7.